The van der Waals surface area contributed by atoms with Gasteiger partial charge >= 0.3 is 0 Å². The topological polar surface area (TPSA) is 92.4 Å². The highest BCUT2D eigenvalue weighted by Gasteiger charge is 2.20. The van der Waals surface area contributed by atoms with Crippen LogP contribution in [0.3, 0.4) is 0 Å². The van der Waals surface area contributed by atoms with Crippen LogP contribution < -0.4 is 4.72 Å². The van der Waals surface area contributed by atoms with Gasteiger partial charge in [-0.15, -0.1) is 0 Å². The summed E-state index contributed by atoms with van der Waals surface area (Å²) < 4.78 is 30.4. The van der Waals surface area contributed by atoms with Crippen molar-refractivity contribution in [2.75, 3.05) is 6.54 Å². The lowest BCUT2D eigenvalue weighted by atomic mass is 10.2. The van der Waals surface area contributed by atoms with Crippen molar-refractivity contribution in [3.63, 3.8) is 0 Å². The molecule has 0 spiro atoms. The molecule has 1 aromatic heterocycles. The van der Waals surface area contributed by atoms with E-state index in [-0.39, 0.29) is 17.2 Å². The molecular formula is C9H16N2O4S. The minimum Gasteiger partial charge on any atom is -0.392 e. The van der Waals surface area contributed by atoms with Crippen LogP contribution in [0.5, 0.6) is 0 Å². The van der Waals surface area contributed by atoms with E-state index in [1.54, 1.807) is 0 Å². The predicted molar refractivity (Wildman–Crippen MR) is 57.3 cm³/mol. The summed E-state index contributed by atoms with van der Waals surface area (Å²) in [6.07, 6.45) is 1.84. The van der Waals surface area contributed by atoms with Gasteiger partial charge in [0.2, 0.25) is 10.0 Å². The number of hydrogen-bond donors (Lipinski definition) is 2. The van der Waals surface area contributed by atoms with E-state index in [4.69, 9.17) is 0 Å². The van der Waals surface area contributed by atoms with Crippen LogP contribution in [-0.2, 0) is 10.0 Å². The summed E-state index contributed by atoms with van der Waals surface area (Å²) in [5.41, 5.74) is 0. The van der Waals surface area contributed by atoms with Crippen LogP contribution in [0.4, 0.5) is 0 Å². The third-order valence-corrected chi connectivity index (χ3v) is 3.65. The van der Waals surface area contributed by atoms with Crippen molar-refractivity contribution < 1.29 is 18.0 Å². The Morgan fingerprint density at radius 2 is 2.31 bits per heavy atom. The summed E-state index contributed by atoms with van der Waals surface area (Å²) in [4.78, 5) is 0.0104. The van der Waals surface area contributed by atoms with Crippen molar-refractivity contribution in [1.82, 2.24) is 9.88 Å². The monoisotopic (exact) mass is 248 g/mol. The van der Waals surface area contributed by atoms with Crippen LogP contribution >= 0.6 is 0 Å². The Morgan fingerprint density at radius 3 is 2.81 bits per heavy atom. The van der Waals surface area contributed by atoms with Gasteiger partial charge < -0.3 is 9.63 Å². The summed E-state index contributed by atoms with van der Waals surface area (Å²) in [6, 6.07) is 0. The van der Waals surface area contributed by atoms with E-state index in [2.05, 4.69) is 14.4 Å². The molecule has 0 aliphatic heterocycles. The quantitative estimate of drug-likeness (QED) is 0.761. The third-order valence-electron chi connectivity index (χ3n) is 2.13. The number of aryl methyl sites for hydroxylation is 1. The second-order valence-corrected chi connectivity index (χ2v) is 5.28. The second-order valence-electron chi connectivity index (χ2n) is 3.54. The zero-order chi connectivity index (χ0) is 12.2. The molecule has 0 saturated heterocycles. The van der Waals surface area contributed by atoms with E-state index in [0.29, 0.717) is 6.42 Å². The maximum atomic E-state index is 11.7. The minimum atomic E-state index is -3.63. The highest BCUT2D eigenvalue weighted by atomic mass is 32.2. The lowest BCUT2D eigenvalue weighted by molar-refractivity contribution is 0.167. The molecule has 1 heterocycles. The maximum absolute atomic E-state index is 11.7. The van der Waals surface area contributed by atoms with Gasteiger partial charge in [-0.3, -0.25) is 0 Å². The van der Waals surface area contributed by atoms with Crippen molar-refractivity contribution in [2.45, 2.75) is 37.7 Å². The molecule has 0 radical (unpaired) electrons. The molecule has 0 aromatic carbocycles. The first kappa shape index (κ1) is 13.1. The lowest BCUT2D eigenvalue weighted by Gasteiger charge is -2.10. The number of nitrogens with one attached hydrogen (secondary N) is 1. The molecule has 0 amide bonds. The molecule has 0 bridgehead atoms. The molecule has 1 unspecified atom stereocenters. The Morgan fingerprint density at radius 1 is 1.62 bits per heavy atom. The van der Waals surface area contributed by atoms with Crippen LogP contribution in [0.2, 0.25) is 0 Å². The highest BCUT2D eigenvalue weighted by Crippen LogP contribution is 2.13. The van der Waals surface area contributed by atoms with Gasteiger partial charge in [-0.2, -0.15) is 0 Å². The normalized spacial score (nSPS) is 13.9. The average Bonchev–Trinajstić information content (AvgIpc) is 2.63. The van der Waals surface area contributed by atoms with Crippen LogP contribution in [0.25, 0.3) is 0 Å². The molecule has 1 atom stereocenters. The SMILES string of the molecule is CCCC(O)CNS(=O)(=O)c1cnoc1C. The zero-order valence-corrected chi connectivity index (χ0v) is 10.1. The van der Waals surface area contributed by atoms with Crippen molar-refractivity contribution in [1.29, 1.82) is 0 Å². The number of aliphatic hydroxyl groups excluding tert-OH is 1. The number of aliphatic hydroxyl groups is 1. The zero-order valence-electron chi connectivity index (χ0n) is 9.30. The standard InChI is InChI=1S/C9H16N2O4S/c1-3-4-8(12)5-11-16(13,14)9-6-10-15-7(9)2/h6,8,11-12H,3-5H2,1-2H3. The summed E-state index contributed by atoms with van der Waals surface area (Å²) in [6.45, 7) is 3.44. The van der Waals surface area contributed by atoms with E-state index in [0.717, 1.165) is 12.6 Å². The van der Waals surface area contributed by atoms with Crippen molar-refractivity contribution in [2.24, 2.45) is 0 Å². The summed E-state index contributed by atoms with van der Waals surface area (Å²) in [7, 11) is -3.63. The highest BCUT2D eigenvalue weighted by molar-refractivity contribution is 7.89. The molecule has 92 valence electrons. The van der Waals surface area contributed by atoms with Crippen LogP contribution in [-0.4, -0.2) is 31.3 Å². The van der Waals surface area contributed by atoms with Crippen LogP contribution in [0.1, 0.15) is 25.5 Å². The minimum absolute atomic E-state index is 0.000787. The Hall–Kier alpha value is -0.920. The fourth-order valence-electron chi connectivity index (χ4n) is 1.27. The van der Waals surface area contributed by atoms with E-state index in [1.165, 1.54) is 6.92 Å². The molecule has 0 aliphatic carbocycles. The van der Waals surface area contributed by atoms with Crippen molar-refractivity contribution in [3.05, 3.63) is 12.0 Å². The maximum Gasteiger partial charge on any atom is 0.245 e. The number of rotatable bonds is 6. The van der Waals surface area contributed by atoms with Crippen molar-refractivity contribution in [3.8, 4) is 0 Å². The first-order valence-corrected chi connectivity index (χ1v) is 6.54. The van der Waals surface area contributed by atoms with Crippen LogP contribution in [0, 0.1) is 6.92 Å². The van der Waals surface area contributed by atoms with Gasteiger partial charge in [-0.05, 0) is 13.3 Å². The Kier molecular flexibility index (Phi) is 4.45. The third kappa shape index (κ3) is 3.29. The van der Waals surface area contributed by atoms with Crippen molar-refractivity contribution >= 4 is 10.0 Å². The fourth-order valence-corrected chi connectivity index (χ4v) is 2.43. The molecule has 2 N–H and O–H groups in total. The Balaban J connectivity index is 2.63. The van der Waals surface area contributed by atoms with E-state index < -0.39 is 16.1 Å². The first-order valence-electron chi connectivity index (χ1n) is 5.06. The van der Waals surface area contributed by atoms with Gasteiger partial charge in [0.05, 0.1) is 12.3 Å². The fraction of sp³-hybridized carbons (Fsp3) is 0.667. The van der Waals surface area contributed by atoms with E-state index in [9.17, 15) is 13.5 Å². The lowest BCUT2D eigenvalue weighted by Crippen LogP contribution is -2.32. The van der Waals surface area contributed by atoms with Gasteiger partial charge in [-0.1, -0.05) is 18.5 Å². The van der Waals surface area contributed by atoms with E-state index in [1.807, 2.05) is 6.92 Å². The average molecular weight is 248 g/mol. The smallest absolute Gasteiger partial charge is 0.245 e. The molecule has 1 aromatic rings. The summed E-state index contributed by atoms with van der Waals surface area (Å²) in [5, 5.41) is 12.8. The molecule has 16 heavy (non-hydrogen) atoms. The second kappa shape index (κ2) is 5.42. The largest absolute Gasteiger partial charge is 0.392 e. The molecule has 0 saturated carbocycles. The van der Waals surface area contributed by atoms with Gasteiger partial charge in [0, 0.05) is 6.54 Å². The number of nitrogens with zero attached hydrogens (tertiary/aromatic N) is 1. The molecular weight excluding hydrogens is 232 g/mol. The Labute approximate surface area is 94.7 Å². The summed E-state index contributed by atoms with van der Waals surface area (Å²) >= 11 is 0. The van der Waals surface area contributed by atoms with E-state index >= 15 is 0 Å². The van der Waals surface area contributed by atoms with Crippen LogP contribution in [0.15, 0.2) is 15.6 Å². The number of hydrogen-bond acceptors (Lipinski definition) is 5. The number of aromatic nitrogens is 1. The molecule has 0 fully saturated rings. The molecule has 7 heteroatoms. The van der Waals surface area contributed by atoms with Gasteiger partial charge in [0.25, 0.3) is 0 Å². The van der Waals surface area contributed by atoms with Gasteiger partial charge in [0.15, 0.2) is 5.76 Å². The predicted octanol–water partition coefficient (Wildman–Crippen LogP) is 0.422. The molecule has 6 nitrogen and oxygen atoms in total. The first-order chi connectivity index (χ1) is 7.47. The summed E-state index contributed by atoms with van der Waals surface area (Å²) in [5.74, 6) is 0.234. The van der Waals surface area contributed by atoms with Gasteiger partial charge in [0.1, 0.15) is 4.90 Å². The van der Waals surface area contributed by atoms with Gasteiger partial charge in [-0.25, -0.2) is 13.1 Å². The molecule has 0 aliphatic rings. The molecule has 1 rings (SSSR count). The Bertz CT molecular complexity index is 426. The number of sulfonamides is 1.